The quantitative estimate of drug-likeness (QED) is 0.385. The maximum Gasteiger partial charge on any atom is -0.0398 e. The van der Waals surface area contributed by atoms with E-state index in [1.165, 1.54) is 160 Å². The van der Waals surface area contributed by atoms with Gasteiger partial charge in [0, 0.05) is 0 Å². The molecule has 0 aromatic heterocycles. The summed E-state index contributed by atoms with van der Waals surface area (Å²) in [7, 11) is 0. The van der Waals surface area contributed by atoms with Crippen molar-refractivity contribution in [3.05, 3.63) is 35.9 Å². The molecule has 0 bridgehead atoms. The standard InChI is InChI=1S/C7H8.4C6H12/c1-7-5-3-2-4-6-7;4*1-2-4-6-5-3-1/h2-6H,1H3;4*1-6H2. The Bertz CT molecular complexity index is 325. The van der Waals surface area contributed by atoms with Crippen LogP contribution in [-0.2, 0) is 0 Å². The molecule has 0 amide bonds. The molecule has 1 aromatic carbocycles. The van der Waals surface area contributed by atoms with E-state index in [1.54, 1.807) is 0 Å². The van der Waals surface area contributed by atoms with Gasteiger partial charge in [-0.05, 0) is 6.92 Å². The molecule has 0 atom stereocenters. The highest BCUT2D eigenvalue weighted by Gasteiger charge is 1.97. The van der Waals surface area contributed by atoms with Gasteiger partial charge in [-0.2, -0.15) is 0 Å². The fourth-order valence-electron chi connectivity index (χ4n) is 4.78. The van der Waals surface area contributed by atoms with E-state index in [1.807, 2.05) is 18.2 Å². The van der Waals surface area contributed by atoms with Crippen LogP contribution in [0.5, 0.6) is 0 Å². The zero-order valence-corrected chi connectivity index (χ0v) is 21.4. The first-order valence-corrected chi connectivity index (χ1v) is 14.4. The summed E-state index contributed by atoms with van der Waals surface area (Å²) < 4.78 is 0. The van der Waals surface area contributed by atoms with Crippen molar-refractivity contribution in [2.45, 2.75) is 161 Å². The number of hydrogen-bond acceptors (Lipinski definition) is 0. The molecule has 0 saturated heterocycles. The van der Waals surface area contributed by atoms with Gasteiger partial charge in [-0.1, -0.05) is 190 Å². The van der Waals surface area contributed by atoms with Crippen molar-refractivity contribution in [3.8, 4) is 0 Å². The second kappa shape index (κ2) is 23.9. The molecule has 0 nitrogen and oxygen atoms in total. The summed E-state index contributed by atoms with van der Waals surface area (Å²) in [6.07, 6.45) is 36.0. The van der Waals surface area contributed by atoms with E-state index >= 15 is 0 Å². The molecule has 4 fully saturated rings. The van der Waals surface area contributed by atoms with Gasteiger partial charge in [-0.3, -0.25) is 0 Å². The minimum atomic E-state index is 1.32. The van der Waals surface area contributed by atoms with Gasteiger partial charge in [0.1, 0.15) is 0 Å². The molecule has 4 saturated carbocycles. The van der Waals surface area contributed by atoms with Crippen LogP contribution in [-0.4, -0.2) is 0 Å². The van der Waals surface area contributed by atoms with Crippen LogP contribution in [0, 0.1) is 6.92 Å². The Kier molecular flexibility index (Phi) is 21.8. The van der Waals surface area contributed by atoms with Gasteiger partial charge >= 0.3 is 0 Å². The van der Waals surface area contributed by atoms with Crippen LogP contribution in [0.3, 0.4) is 0 Å². The summed E-state index contributed by atoms with van der Waals surface area (Å²) in [5.41, 5.74) is 1.32. The van der Waals surface area contributed by atoms with Crippen molar-refractivity contribution < 1.29 is 0 Å². The van der Waals surface area contributed by atoms with E-state index in [4.69, 9.17) is 0 Å². The maximum absolute atomic E-state index is 2.08. The molecule has 4 aliphatic carbocycles. The summed E-state index contributed by atoms with van der Waals surface area (Å²) >= 11 is 0. The number of rotatable bonds is 0. The molecule has 0 spiro atoms. The molecule has 0 aliphatic heterocycles. The van der Waals surface area contributed by atoms with Gasteiger partial charge in [0.2, 0.25) is 0 Å². The largest absolute Gasteiger partial charge is 0.0622 e. The van der Waals surface area contributed by atoms with Crippen molar-refractivity contribution in [2.75, 3.05) is 0 Å². The Hall–Kier alpha value is -0.780. The second-order valence-corrected chi connectivity index (χ2v) is 10.1. The van der Waals surface area contributed by atoms with E-state index in [0.717, 1.165) is 0 Å². The van der Waals surface area contributed by atoms with Crippen LogP contribution < -0.4 is 0 Å². The first-order valence-electron chi connectivity index (χ1n) is 14.4. The van der Waals surface area contributed by atoms with Gasteiger partial charge in [0.25, 0.3) is 0 Å². The Morgan fingerprint density at radius 2 is 0.452 bits per heavy atom. The number of aryl methyl sites for hydroxylation is 1. The van der Waals surface area contributed by atoms with E-state index in [2.05, 4.69) is 19.1 Å². The fraction of sp³-hybridized carbons (Fsp3) is 0.806. The van der Waals surface area contributed by atoms with Crippen molar-refractivity contribution in [3.63, 3.8) is 0 Å². The zero-order chi connectivity index (χ0) is 22.1. The third kappa shape index (κ3) is 22.2. The molecular formula is C31H56. The van der Waals surface area contributed by atoms with Crippen LogP contribution in [0.1, 0.15) is 160 Å². The van der Waals surface area contributed by atoms with Gasteiger partial charge in [0.05, 0.1) is 0 Å². The van der Waals surface area contributed by atoms with Crippen molar-refractivity contribution in [1.82, 2.24) is 0 Å². The average Bonchev–Trinajstić information content (AvgIpc) is 2.90. The third-order valence-corrected chi connectivity index (χ3v) is 6.94. The van der Waals surface area contributed by atoms with Crippen LogP contribution in [0.15, 0.2) is 30.3 Å². The average molecular weight is 429 g/mol. The first kappa shape index (κ1) is 28.3. The van der Waals surface area contributed by atoms with E-state index < -0.39 is 0 Å². The predicted molar refractivity (Wildman–Crippen MR) is 142 cm³/mol. The molecule has 0 radical (unpaired) electrons. The lowest BCUT2D eigenvalue weighted by Gasteiger charge is -2.05. The number of hydrogen-bond donors (Lipinski definition) is 0. The van der Waals surface area contributed by atoms with E-state index in [-0.39, 0.29) is 0 Å². The molecule has 0 unspecified atom stereocenters. The monoisotopic (exact) mass is 428 g/mol. The van der Waals surface area contributed by atoms with Crippen LogP contribution in [0.4, 0.5) is 0 Å². The fourth-order valence-corrected chi connectivity index (χ4v) is 4.78. The molecule has 1 aromatic rings. The van der Waals surface area contributed by atoms with Crippen molar-refractivity contribution in [2.24, 2.45) is 0 Å². The van der Waals surface area contributed by atoms with Crippen LogP contribution in [0.2, 0.25) is 0 Å². The lowest BCUT2D eigenvalue weighted by atomic mass is 10.0. The third-order valence-electron chi connectivity index (χ3n) is 6.94. The molecule has 0 heterocycles. The Morgan fingerprint density at radius 1 is 0.290 bits per heavy atom. The van der Waals surface area contributed by atoms with E-state index in [9.17, 15) is 0 Å². The molecule has 0 heteroatoms. The maximum atomic E-state index is 2.08. The summed E-state index contributed by atoms with van der Waals surface area (Å²) in [5.74, 6) is 0. The molecule has 0 N–H and O–H groups in total. The normalized spacial score (nSPS) is 20.5. The highest BCUT2D eigenvalue weighted by Crippen LogP contribution is 2.17. The lowest BCUT2D eigenvalue weighted by molar-refractivity contribution is 0.504. The molecule has 180 valence electrons. The Morgan fingerprint density at radius 3 is 0.548 bits per heavy atom. The second-order valence-electron chi connectivity index (χ2n) is 10.1. The van der Waals surface area contributed by atoms with Gasteiger partial charge < -0.3 is 0 Å². The smallest absolute Gasteiger partial charge is 0.0398 e. The Balaban J connectivity index is 0.000000194. The van der Waals surface area contributed by atoms with E-state index in [0.29, 0.717) is 0 Å². The SMILES string of the molecule is C1CCCCC1.C1CCCCC1.C1CCCCC1.C1CCCCC1.Cc1ccccc1. The van der Waals surface area contributed by atoms with Crippen molar-refractivity contribution in [1.29, 1.82) is 0 Å². The summed E-state index contributed by atoms with van der Waals surface area (Å²) in [6.45, 7) is 2.08. The number of benzene rings is 1. The van der Waals surface area contributed by atoms with Gasteiger partial charge in [-0.25, -0.2) is 0 Å². The predicted octanol–water partition coefficient (Wildman–Crippen LogP) is 11.4. The lowest BCUT2D eigenvalue weighted by Crippen LogP contribution is -1.85. The van der Waals surface area contributed by atoms with Crippen LogP contribution in [0.25, 0.3) is 0 Å². The summed E-state index contributed by atoms with van der Waals surface area (Å²) in [4.78, 5) is 0. The highest BCUT2D eigenvalue weighted by molar-refractivity contribution is 5.11. The molecule has 31 heavy (non-hydrogen) atoms. The molecule has 5 rings (SSSR count). The summed E-state index contributed by atoms with van der Waals surface area (Å²) in [5, 5.41) is 0. The Labute approximate surface area is 197 Å². The zero-order valence-electron chi connectivity index (χ0n) is 21.4. The first-order chi connectivity index (χ1) is 15.4. The minimum Gasteiger partial charge on any atom is -0.0622 e. The van der Waals surface area contributed by atoms with Crippen molar-refractivity contribution >= 4 is 0 Å². The highest BCUT2D eigenvalue weighted by atomic mass is 14.0. The molecule has 4 aliphatic rings. The molecular weight excluding hydrogens is 372 g/mol. The van der Waals surface area contributed by atoms with Gasteiger partial charge in [0.15, 0.2) is 0 Å². The topological polar surface area (TPSA) is 0 Å². The summed E-state index contributed by atoms with van der Waals surface area (Å²) in [6, 6.07) is 10.3. The minimum absolute atomic E-state index is 1.32. The van der Waals surface area contributed by atoms with Gasteiger partial charge in [-0.15, -0.1) is 0 Å². The van der Waals surface area contributed by atoms with Crippen LogP contribution >= 0.6 is 0 Å².